The third kappa shape index (κ3) is 15.0. The van der Waals surface area contributed by atoms with Crippen LogP contribution in [0, 0.1) is 5.92 Å². The number of aromatic nitrogens is 2. The molecule has 2 aromatic rings. The lowest BCUT2D eigenvalue weighted by Gasteiger charge is -2.27. The smallest absolute Gasteiger partial charge is 0.356 e. The number of hydrogen-bond donors (Lipinski definition) is 1. The molecule has 1 aliphatic carbocycles. The Bertz CT molecular complexity index is 1220. The lowest BCUT2D eigenvalue weighted by molar-refractivity contribution is -0.0669. The molecule has 2 aliphatic rings. The van der Waals surface area contributed by atoms with Crippen LogP contribution in [-0.2, 0) is 46.2 Å². The Morgan fingerprint density at radius 3 is 1.76 bits per heavy atom. The fraction of sp³-hybridized carbons (Fsp3) is 0.667. The van der Waals surface area contributed by atoms with Crippen LogP contribution in [0.3, 0.4) is 0 Å². The molecule has 14 nitrogen and oxygen atoms in total. The fourth-order valence-corrected chi connectivity index (χ4v) is 7.05. The minimum Gasteiger partial charge on any atom is -0.464 e. The number of nitrogens with two attached hydrogens (primary N) is 1. The number of carbonyl (C=O) groups excluding carboxylic acids is 2. The molecule has 1 saturated carbocycles. The summed E-state index contributed by atoms with van der Waals surface area (Å²) in [4.78, 5) is 37.7. The number of methoxy groups -OCH3 is 2. The molecule has 284 valence electrons. The van der Waals surface area contributed by atoms with Crippen LogP contribution in [0.1, 0.15) is 45.2 Å². The van der Waals surface area contributed by atoms with Crippen LogP contribution in [-0.4, -0.2) is 155 Å². The lowest BCUT2D eigenvalue weighted by Crippen LogP contribution is -2.36. The van der Waals surface area contributed by atoms with Crippen molar-refractivity contribution < 1.29 is 42.7 Å². The second-order valence-electron chi connectivity index (χ2n) is 12.4. The predicted octanol–water partition coefficient (Wildman–Crippen LogP) is 2.29. The molecule has 1 saturated heterocycles. The SMILES string of the molecule is COC(=O)c1cccc(CN2CCOCCOCCN(Cc3cccc(C(=O)OC)n3)CCOC3CC(CSCCOCCN)CC3OCC2)n1. The van der Waals surface area contributed by atoms with Crippen LogP contribution in [0.2, 0.25) is 0 Å². The number of rotatable bonds is 13. The summed E-state index contributed by atoms with van der Waals surface area (Å²) in [6.45, 7) is 8.54. The fourth-order valence-electron chi connectivity index (χ4n) is 6.04. The zero-order chi connectivity index (χ0) is 36.1. The monoisotopic (exact) mass is 733 g/mol. The van der Waals surface area contributed by atoms with Gasteiger partial charge in [-0.1, -0.05) is 12.1 Å². The molecule has 0 spiro atoms. The van der Waals surface area contributed by atoms with E-state index in [0.717, 1.165) is 35.7 Å². The van der Waals surface area contributed by atoms with Crippen LogP contribution in [0.15, 0.2) is 36.4 Å². The van der Waals surface area contributed by atoms with Crippen LogP contribution in [0.25, 0.3) is 0 Å². The Morgan fingerprint density at radius 1 is 0.765 bits per heavy atom. The largest absolute Gasteiger partial charge is 0.464 e. The van der Waals surface area contributed by atoms with Crippen molar-refractivity contribution in [3.8, 4) is 0 Å². The second kappa shape index (κ2) is 23.8. The zero-order valence-electron chi connectivity index (χ0n) is 30.1. The number of fused-ring (bicyclic) bond motifs is 1. The van der Waals surface area contributed by atoms with Gasteiger partial charge >= 0.3 is 11.9 Å². The first kappa shape index (κ1) is 41.0. The van der Waals surface area contributed by atoms with E-state index in [1.165, 1.54) is 14.2 Å². The Labute approximate surface area is 306 Å². The van der Waals surface area contributed by atoms with Crippen LogP contribution in [0.5, 0.6) is 0 Å². The zero-order valence-corrected chi connectivity index (χ0v) is 30.9. The Kier molecular flexibility index (Phi) is 19.1. The third-order valence-corrected chi connectivity index (χ3v) is 9.82. The quantitative estimate of drug-likeness (QED) is 0.236. The second-order valence-corrected chi connectivity index (χ2v) is 13.6. The van der Waals surface area contributed by atoms with Crippen molar-refractivity contribution >= 4 is 23.7 Å². The molecular weight excluding hydrogens is 678 g/mol. The van der Waals surface area contributed by atoms with Crippen molar-refractivity contribution in [3.63, 3.8) is 0 Å². The minimum atomic E-state index is -0.459. The summed E-state index contributed by atoms with van der Waals surface area (Å²) in [6.07, 6.45) is 1.79. The lowest BCUT2D eigenvalue weighted by atomic mass is 10.1. The molecule has 0 radical (unpaired) electrons. The van der Waals surface area contributed by atoms with E-state index in [1.54, 1.807) is 12.1 Å². The maximum Gasteiger partial charge on any atom is 0.356 e. The highest BCUT2D eigenvalue weighted by Gasteiger charge is 2.36. The van der Waals surface area contributed by atoms with E-state index in [-0.39, 0.29) is 23.6 Å². The Morgan fingerprint density at radius 2 is 1.27 bits per heavy atom. The molecule has 2 aromatic heterocycles. The van der Waals surface area contributed by atoms with Gasteiger partial charge in [0.2, 0.25) is 0 Å². The van der Waals surface area contributed by atoms with Gasteiger partial charge in [0.25, 0.3) is 0 Å². The van der Waals surface area contributed by atoms with Crippen LogP contribution >= 0.6 is 11.8 Å². The van der Waals surface area contributed by atoms with Gasteiger partial charge in [-0.25, -0.2) is 19.6 Å². The summed E-state index contributed by atoms with van der Waals surface area (Å²) in [5.41, 5.74) is 7.66. The maximum absolute atomic E-state index is 12.1. The van der Waals surface area contributed by atoms with Gasteiger partial charge in [-0.15, -0.1) is 0 Å². The van der Waals surface area contributed by atoms with E-state index >= 15 is 0 Å². The number of pyridine rings is 2. The number of carbonyl (C=O) groups is 2. The van der Waals surface area contributed by atoms with Gasteiger partial charge in [0.05, 0.1) is 90.7 Å². The summed E-state index contributed by atoms with van der Waals surface area (Å²) in [5.74, 6) is 1.50. The molecule has 1 aliphatic heterocycles. The highest BCUT2D eigenvalue weighted by Crippen LogP contribution is 2.33. The van der Waals surface area contributed by atoms with Gasteiger partial charge in [-0.05, 0) is 48.8 Å². The molecule has 2 atom stereocenters. The van der Waals surface area contributed by atoms with E-state index in [2.05, 4.69) is 19.8 Å². The van der Waals surface area contributed by atoms with Gasteiger partial charge in [0, 0.05) is 51.6 Å². The molecule has 2 fully saturated rings. The van der Waals surface area contributed by atoms with E-state index in [0.29, 0.717) is 105 Å². The topological polar surface area (TPSA) is 157 Å². The molecule has 3 heterocycles. The molecule has 2 unspecified atom stereocenters. The normalized spacial score (nSPS) is 22.1. The minimum absolute atomic E-state index is 0.0305. The van der Waals surface area contributed by atoms with E-state index in [1.807, 2.05) is 36.0 Å². The van der Waals surface area contributed by atoms with Crippen molar-refractivity contribution in [2.75, 3.05) is 111 Å². The summed E-state index contributed by atoms with van der Waals surface area (Å²) < 4.78 is 40.3. The van der Waals surface area contributed by atoms with Crippen molar-refractivity contribution in [1.29, 1.82) is 0 Å². The molecule has 4 rings (SSSR count). The van der Waals surface area contributed by atoms with Crippen molar-refractivity contribution in [3.05, 3.63) is 59.2 Å². The average molecular weight is 734 g/mol. The first-order valence-corrected chi connectivity index (χ1v) is 18.9. The summed E-state index contributed by atoms with van der Waals surface area (Å²) in [5, 5.41) is 0. The highest BCUT2D eigenvalue weighted by molar-refractivity contribution is 7.99. The van der Waals surface area contributed by atoms with E-state index in [9.17, 15) is 9.59 Å². The van der Waals surface area contributed by atoms with Crippen LogP contribution < -0.4 is 5.73 Å². The summed E-state index contributed by atoms with van der Waals surface area (Å²) >= 11 is 1.90. The number of ether oxygens (including phenoxy) is 7. The summed E-state index contributed by atoms with van der Waals surface area (Å²) in [6, 6.07) is 10.8. The Hall–Kier alpha value is -2.73. The maximum atomic E-state index is 12.1. The number of hydrogen-bond acceptors (Lipinski definition) is 15. The number of esters is 2. The van der Waals surface area contributed by atoms with Crippen molar-refractivity contribution in [1.82, 2.24) is 19.8 Å². The van der Waals surface area contributed by atoms with Gasteiger partial charge in [0.15, 0.2) is 0 Å². The molecule has 51 heavy (non-hydrogen) atoms. The van der Waals surface area contributed by atoms with Gasteiger partial charge in [0.1, 0.15) is 11.4 Å². The number of nitrogens with zero attached hydrogens (tertiary/aromatic N) is 4. The molecule has 2 N–H and O–H groups in total. The summed E-state index contributed by atoms with van der Waals surface area (Å²) in [7, 11) is 2.71. The molecule has 15 heteroatoms. The van der Waals surface area contributed by atoms with Gasteiger partial charge in [-0.3, -0.25) is 9.80 Å². The predicted molar refractivity (Wildman–Crippen MR) is 193 cm³/mol. The van der Waals surface area contributed by atoms with Crippen LogP contribution in [0.4, 0.5) is 0 Å². The van der Waals surface area contributed by atoms with E-state index < -0.39 is 11.9 Å². The standard InChI is InChI=1S/C36H55N5O9S/c1-44-35(42)31-7-3-5-29(38-31)25-40-10-15-47-19-20-48-16-11-41(26-30-6-4-8-32(39-30)36(43)45-2)13-18-50-34-24-28(23-33(34)49-17-12-40)27-51-22-21-46-14-9-37/h3-8,28,33-34H,9-27,37H2,1-2H3. The third-order valence-electron chi connectivity index (χ3n) is 8.66. The average Bonchev–Trinajstić information content (AvgIpc) is 3.53. The van der Waals surface area contributed by atoms with E-state index in [4.69, 9.17) is 38.9 Å². The van der Waals surface area contributed by atoms with Gasteiger partial charge < -0.3 is 38.9 Å². The first-order chi connectivity index (χ1) is 25.0. The van der Waals surface area contributed by atoms with Crippen molar-refractivity contribution in [2.24, 2.45) is 11.7 Å². The molecule has 0 aromatic carbocycles. The molecule has 0 amide bonds. The van der Waals surface area contributed by atoms with Crippen molar-refractivity contribution in [2.45, 2.75) is 38.1 Å². The first-order valence-electron chi connectivity index (χ1n) is 17.8. The Balaban J connectivity index is 1.40. The highest BCUT2D eigenvalue weighted by atomic mass is 32.2. The number of thioether (sulfide) groups is 1. The van der Waals surface area contributed by atoms with Gasteiger partial charge in [-0.2, -0.15) is 11.8 Å². The molecule has 0 bridgehead atoms. The molecular formula is C36H55N5O9S.